The summed E-state index contributed by atoms with van der Waals surface area (Å²) in [6.07, 6.45) is 2.22. The largest absolute Gasteiger partial charge is 0.475 e. The number of anilines is 1. The van der Waals surface area contributed by atoms with E-state index in [1.165, 1.54) is 12.1 Å². The standard InChI is InChI=1S/C33H41N5O5S/c1-7-28(39)34-23-15-24(16-23)38-25(18-33(4,5)6)19-43-29-17-27(30-20(2)10-8-11-21(30)3)35-32(36-29)37-44(41,42)26-13-9-12-22(14-26)31(38)40/h8-14,17,23-25H,7,15-16,18-19H2,1-6H3,(H,34,39)(H,35,36,37)/t23-,24+,25-/m1/s1. The van der Waals surface area contributed by atoms with E-state index in [9.17, 15) is 18.0 Å². The van der Waals surface area contributed by atoms with Crippen LogP contribution in [0, 0.1) is 19.3 Å². The number of hydrogen-bond acceptors (Lipinski definition) is 7. The van der Waals surface area contributed by atoms with Gasteiger partial charge in [0.05, 0.1) is 16.6 Å². The van der Waals surface area contributed by atoms with Crippen LogP contribution in [-0.4, -0.2) is 59.8 Å². The maximum absolute atomic E-state index is 14.3. The number of nitrogens with one attached hydrogen (secondary N) is 2. The first-order valence-corrected chi connectivity index (χ1v) is 16.6. The summed E-state index contributed by atoms with van der Waals surface area (Å²) in [6.45, 7) is 12.2. The van der Waals surface area contributed by atoms with Gasteiger partial charge in [-0.2, -0.15) is 4.98 Å². The summed E-state index contributed by atoms with van der Waals surface area (Å²) >= 11 is 0. The van der Waals surface area contributed by atoms with Gasteiger partial charge >= 0.3 is 0 Å². The van der Waals surface area contributed by atoms with E-state index in [2.05, 4.69) is 40.8 Å². The lowest BCUT2D eigenvalue weighted by atomic mass is 9.81. The number of aromatic nitrogens is 2. The molecule has 10 nitrogen and oxygen atoms in total. The van der Waals surface area contributed by atoms with E-state index in [1.54, 1.807) is 18.2 Å². The van der Waals surface area contributed by atoms with Gasteiger partial charge in [0, 0.05) is 35.7 Å². The summed E-state index contributed by atoms with van der Waals surface area (Å²) in [5.74, 6) is -0.217. The minimum Gasteiger partial charge on any atom is -0.475 e. The molecule has 2 aromatic carbocycles. The summed E-state index contributed by atoms with van der Waals surface area (Å²) in [6, 6.07) is 13.1. The molecule has 1 saturated carbocycles. The molecule has 2 aliphatic rings. The fourth-order valence-electron chi connectivity index (χ4n) is 6.03. The van der Waals surface area contributed by atoms with Crippen molar-refractivity contribution in [2.24, 2.45) is 5.41 Å². The van der Waals surface area contributed by atoms with Crippen LogP contribution in [-0.2, 0) is 14.8 Å². The van der Waals surface area contributed by atoms with Crippen LogP contribution in [0.4, 0.5) is 5.95 Å². The number of carbonyl (C=O) groups is 2. The zero-order valence-corrected chi connectivity index (χ0v) is 27.0. The van der Waals surface area contributed by atoms with E-state index in [1.807, 2.05) is 43.9 Å². The SMILES string of the molecule is CCC(=O)N[C@H]1C[C@@H](N2C(=O)c3cccc(c3)S(=O)(=O)Nc3nc(cc(-c4c(C)cccc4C)n3)OC[C@H]2CC(C)(C)C)C1. The number of hydrogen-bond donors (Lipinski definition) is 2. The Morgan fingerprint density at radius 3 is 2.41 bits per heavy atom. The molecule has 1 aromatic heterocycles. The van der Waals surface area contributed by atoms with Crippen LogP contribution in [0.15, 0.2) is 53.4 Å². The number of rotatable bonds is 5. The molecular formula is C33H41N5O5S. The van der Waals surface area contributed by atoms with Gasteiger partial charge in [0.1, 0.15) is 6.61 Å². The maximum Gasteiger partial charge on any atom is 0.264 e. The molecular weight excluding hydrogens is 578 g/mol. The van der Waals surface area contributed by atoms with Crippen molar-refractivity contribution in [2.75, 3.05) is 11.3 Å². The quantitative estimate of drug-likeness (QED) is 0.399. The van der Waals surface area contributed by atoms with Gasteiger partial charge < -0.3 is 15.0 Å². The molecule has 1 atom stereocenters. The highest BCUT2D eigenvalue weighted by Crippen LogP contribution is 2.35. The van der Waals surface area contributed by atoms with E-state index in [-0.39, 0.29) is 64.2 Å². The third-order valence-corrected chi connectivity index (χ3v) is 9.47. The molecule has 1 aliphatic carbocycles. The van der Waals surface area contributed by atoms with Crippen LogP contribution in [0.2, 0.25) is 0 Å². The Morgan fingerprint density at radius 2 is 1.75 bits per heavy atom. The zero-order valence-electron chi connectivity index (χ0n) is 26.2. The van der Waals surface area contributed by atoms with Crippen molar-refractivity contribution in [2.45, 2.75) is 90.2 Å². The molecule has 0 unspecified atom stereocenters. The van der Waals surface area contributed by atoms with Gasteiger partial charge in [-0.25, -0.2) is 18.1 Å². The lowest BCUT2D eigenvalue weighted by Gasteiger charge is -2.47. The number of carbonyl (C=O) groups excluding carboxylic acids is 2. The minimum absolute atomic E-state index is 0.0241. The Balaban J connectivity index is 1.62. The van der Waals surface area contributed by atoms with Crippen LogP contribution < -0.4 is 14.8 Å². The summed E-state index contributed by atoms with van der Waals surface area (Å²) in [5, 5.41) is 3.03. The van der Waals surface area contributed by atoms with Crippen LogP contribution in [0.1, 0.15) is 74.9 Å². The van der Waals surface area contributed by atoms with Crippen LogP contribution in [0.5, 0.6) is 5.88 Å². The predicted molar refractivity (Wildman–Crippen MR) is 169 cm³/mol. The Hall–Kier alpha value is -3.99. The van der Waals surface area contributed by atoms with Crippen molar-refractivity contribution in [3.05, 3.63) is 65.2 Å². The fourth-order valence-corrected chi connectivity index (χ4v) is 7.02. The van der Waals surface area contributed by atoms with E-state index in [0.29, 0.717) is 31.4 Å². The minimum atomic E-state index is -4.15. The molecule has 0 saturated heterocycles. The summed E-state index contributed by atoms with van der Waals surface area (Å²) in [5.41, 5.74) is 3.45. The molecule has 3 aromatic rings. The van der Waals surface area contributed by atoms with E-state index >= 15 is 0 Å². The number of sulfonamides is 1. The molecule has 5 rings (SSSR count). The first-order valence-electron chi connectivity index (χ1n) is 15.1. The lowest BCUT2D eigenvalue weighted by Crippen LogP contribution is -2.59. The topological polar surface area (TPSA) is 131 Å². The first-order chi connectivity index (χ1) is 20.7. The molecule has 11 heteroatoms. The lowest BCUT2D eigenvalue weighted by molar-refractivity contribution is -0.122. The second-order valence-electron chi connectivity index (χ2n) is 13.0. The average Bonchev–Trinajstić information content (AvgIpc) is 2.93. The Morgan fingerprint density at radius 1 is 1.07 bits per heavy atom. The van der Waals surface area contributed by atoms with Crippen molar-refractivity contribution in [3.63, 3.8) is 0 Å². The molecule has 2 N–H and O–H groups in total. The Labute approximate surface area is 259 Å². The second-order valence-corrected chi connectivity index (χ2v) is 14.7. The number of nitrogens with zero attached hydrogens (tertiary/aromatic N) is 3. The second kappa shape index (κ2) is 12.2. The van der Waals surface area contributed by atoms with Gasteiger partial charge in [0.2, 0.25) is 17.7 Å². The highest BCUT2D eigenvalue weighted by Gasteiger charge is 2.42. The molecule has 2 heterocycles. The van der Waals surface area contributed by atoms with E-state index in [0.717, 1.165) is 16.7 Å². The zero-order chi connectivity index (χ0) is 31.8. The summed E-state index contributed by atoms with van der Waals surface area (Å²) < 4.78 is 36.0. The van der Waals surface area contributed by atoms with Crippen LogP contribution in [0.3, 0.4) is 0 Å². The molecule has 4 bridgehead atoms. The molecule has 0 radical (unpaired) electrons. The molecule has 44 heavy (non-hydrogen) atoms. The van der Waals surface area contributed by atoms with Gasteiger partial charge in [-0.1, -0.05) is 52.0 Å². The molecule has 2 amide bonds. The molecule has 0 spiro atoms. The first kappa shape index (κ1) is 31.4. The Bertz CT molecular complexity index is 1660. The van der Waals surface area contributed by atoms with Gasteiger partial charge in [-0.05, 0) is 67.9 Å². The maximum atomic E-state index is 14.3. The van der Waals surface area contributed by atoms with Crippen molar-refractivity contribution in [1.82, 2.24) is 20.2 Å². The number of benzene rings is 2. The highest BCUT2D eigenvalue weighted by atomic mass is 32.2. The van der Waals surface area contributed by atoms with Gasteiger partial charge in [-0.3, -0.25) is 9.59 Å². The van der Waals surface area contributed by atoms with Crippen molar-refractivity contribution in [1.29, 1.82) is 0 Å². The third kappa shape index (κ3) is 6.88. The predicted octanol–water partition coefficient (Wildman–Crippen LogP) is 5.26. The van der Waals surface area contributed by atoms with E-state index in [4.69, 9.17) is 4.74 Å². The smallest absolute Gasteiger partial charge is 0.264 e. The van der Waals surface area contributed by atoms with Crippen molar-refractivity contribution < 1.29 is 22.7 Å². The van der Waals surface area contributed by atoms with Gasteiger partial charge in [0.25, 0.3) is 15.9 Å². The number of amides is 2. The highest BCUT2D eigenvalue weighted by molar-refractivity contribution is 7.92. The van der Waals surface area contributed by atoms with Gasteiger partial charge in [0.15, 0.2) is 0 Å². The average molecular weight is 620 g/mol. The normalized spacial score (nSPS) is 21.5. The van der Waals surface area contributed by atoms with Crippen molar-refractivity contribution >= 4 is 27.8 Å². The number of fused-ring (bicyclic) bond motifs is 4. The molecule has 1 fully saturated rings. The van der Waals surface area contributed by atoms with E-state index < -0.39 is 10.0 Å². The molecule has 234 valence electrons. The Kier molecular flexibility index (Phi) is 8.71. The monoisotopic (exact) mass is 619 g/mol. The fraction of sp³-hybridized carbons (Fsp3) is 0.455. The van der Waals surface area contributed by atoms with Crippen LogP contribution >= 0.6 is 0 Å². The summed E-state index contributed by atoms with van der Waals surface area (Å²) in [4.78, 5) is 37.1. The van der Waals surface area contributed by atoms with Crippen molar-refractivity contribution in [3.8, 4) is 17.1 Å². The number of ether oxygens (including phenoxy) is 1. The molecule has 1 aliphatic heterocycles. The summed E-state index contributed by atoms with van der Waals surface area (Å²) in [7, 11) is -4.15. The van der Waals surface area contributed by atoms with Gasteiger partial charge in [-0.15, -0.1) is 0 Å². The number of aryl methyl sites for hydroxylation is 2. The third-order valence-electron chi connectivity index (χ3n) is 8.15. The van der Waals surface area contributed by atoms with Crippen LogP contribution in [0.25, 0.3) is 11.3 Å².